The predicted octanol–water partition coefficient (Wildman–Crippen LogP) is 1.40. The van der Waals surface area contributed by atoms with Gasteiger partial charge in [-0.25, -0.2) is 0 Å². The summed E-state index contributed by atoms with van der Waals surface area (Å²) in [6.07, 6.45) is 5.67. The van der Waals surface area contributed by atoms with Gasteiger partial charge in [0, 0.05) is 45.3 Å². The standard InChI is InChI=1S/C14H29N3/c1-3-14(12-13-4-5-13)15-6-7-17-10-8-16(2)9-11-17/h13-15H,3-12H2,1-2H3. The Morgan fingerprint density at radius 3 is 2.47 bits per heavy atom. The number of hydrogen-bond donors (Lipinski definition) is 1. The molecule has 17 heavy (non-hydrogen) atoms. The molecule has 2 fully saturated rings. The molecule has 2 aliphatic rings. The topological polar surface area (TPSA) is 18.5 Å². The van der Waals surface area contributed by atoms with E-state index in [1.54, 1.807) is 0 Å². The quantitative estimate of drug-likeness (QED) is 0.724. The molecule has 1 atom stereocenters. The van der Waals surface area contributed by atoms with Gasteiger partial charge in [-0.3, -0.25) is 4.90 Å². The first-order valence-electron chi connectivity index (χ1n) is 7.42. The maximum atomic E-state index is 3.74. The minimum absolute atomic E-state index is 0.773. The summed E-state index contributed by atoms with van der Waals surface area (Å²) in [4.78, 5) is 5.02. The van der Waals surface area contributed by atoms with Crippen molar-refractivity contribution >= 4 is 0 Å². The van der Waals surface area contributed by atoms with Crippen LogP contribution >= 0.6 is 0 Å². The summed E-state index contributed by atoms with van der Waals surface area (Å²) in [6, 6.07) is 0.773. The summed E-state index contributed by atoms with van der Waals surface area (Å²) in [7, 11) is 2.22. The molecular weight excluding hydrogens is 210 g/mol. The Kier molecular flexibility index (Phi) is 5.26. The molecule has 0 aromatic carbocycles. The monoisotopic (exact) mass is 239 g/mol. The van der Waals surface area contributed by atoms with E-state index in [4.69, 9.17) is 0 Å². The number of nitrogens with zero attached hydrogens (tertiary/aromatic N) is 2. The summed E-state index contributed by atoms with van der Waals surface area (Å²) in [6.45, 7) is 9.69. The summed E-state index contributed by atoms with van der Waals surface area (Å²) in [5.41, 5.74) is 0. The Balaban J connectivity index is 1.54. The molecule has 0 amide bonds. The molecule has 1 unspecified atom stereocenters. The van der Waals surface area contributed by atoms with Crippen molar-refractivity contribution < 1.29 is 0 Å². The van der Waals surface area contributed by atoms with E-state index in [0.717, 1.165) is 12.0 Å². The van der Waals surface area contributed by atoms with Gasteiger partial charge in [0.2, 0.25) is 0 Å². The minimum Gasteiger partial charge on any atom is -0.313 e. The van der Waals surface area contributed by atoms with E-state index in [-0.39, 0.29) is 0 Å². The molecule has 1 aliphatic carbocycles. The maximum Gasteiger partial charge on any atom is 0.0110 e. The van der Waals surface area contributed by atoms with E-state index >= 15 is 0 Å². The summed E-state index contributed by atoms with van der Waals surface area (Å²) >= 11 is 0. The van der Waals surface area contributed by atoms with Gasteiger partial charge in [-0.1, -0.05) is 19.8 Å². The van der Waals surface area contributed by atoms with Gasteiger partial charge < -0.3 is 10.2 Å². The second-order valence-electron chi connectivity index (χ2n) is 5.88. The van der Waals surface area contributed by atoms with Crippen molar-refractivity contribution in [2.24, 2.45) is 5.92 Å². The van der Waals surface area contributed by atoms with Crippen molar-refractivity contribution in [1.29, 1.82) is 0 Å². The van der Waals surface area contributed by atoms with Crippen LogP contribution < -0.4 is 5.32 Å². The number of nitrogens with one attached hydrogen (secondary N) is 1. The van der Waals surface area contributed by atoms with E-state index in [2.05, 4.69) is 29.1 Å². The maximum absolute atomic E-state index is 3.74. The van der Waals surface area contributed by atoms with Crippen molar-refractivity contribution in [2.75, 3.05) is 46.3 Å². The van der Waals surface area contributed by atoms with Crippen LogP contribution in [0.15, 0.2) is 0 Å². The van der Waals surface area contributed by atoms with Gasteiger partial charge in [0.1, 0.15) is 0 Å². The van der Waals surface area contributed by atoms with E-state index in [0.29, 0.717) is 0 Å². The Labute approximate surface area is 107 Å². The zero-order valence-electron chi connectivity index (χ0n) is 11.6. The van der Waals surface area contributed by atoms with Gasteiger partial charge >= 0.3 is 0 Å². The molecule has 1 N–H and O–H groups in total. The molecule has 1 heterocycles. The van der Waals surface area contributed by atoms with Crippen molar-refractivity contribution in [3.05, 3.63) is 0 Å². The van der Waals surface area contributed by atoms with E-state index < -0.39 is 0 Å². The number of likely N-dealkylation sites (N-methyl/N-ethyl adjacent to an activating group) is 1. The molecule has 100 valence electrons. The van der Waals surface area contributed by atoms with Crippen LogP contribution in [0.5, 0.6) is 0 Å². The van der Waals surface area contributed by atoms with Gasteiger partial charge in [-0.15, -0.1) is 0 Å². The van der Waals surface area contributed by atoms with Gasteiger partial charge in [-0.2, -0.15) is 0 Å². The Hall–Kier alpha value is -0.120. The first kappa shape index (κ1) is 13.3. The van der Waals surface area contributed by atoms with Crippen LogP contribution in [0.1, 0.15) is 32.6 Å². The zero-order chi connectivity index (χ0) is 12.1. The molecule has 1 saturated carbocycles. The third kappa shape index (κ3) is 4.94. The second-order valence-corrected chi connectivity index (χ2v) is 5.88. The van der Waals surface area contributed by atoms with Gasteiger partial charge in [0.25, 0.3) is 0 Å². The van der Waals surface area contributed by atoms with Crippen molar-refractivity contribution in [2.45, 2.75) is 38.6 Å². The van der Waals surface area contributed by atoms with Crippen LogP contribution in [0.4, 0.5) is 0 Å². The molecule has 0 spiro atoms. The molecule has 2 rings (SSSR count). The number of piperazine rings is 1. The smallest absolute Gasteiger partial charge is 0.0110 e. The van der Waals surface area contributed by atoms with E-state index in [1.807, 2.05) is 0 Å². The average Bonchev–Trinajstić information content (AvgIpc) is 3.14. The fourth-order valence-corrected chi connectivity index (χ4v) is 2.65. The van der Waals surface area contributed by atoms with Crippen LogP contribution in [0.2, 0.25) is 0 Å². The van der Waals surface area contributed by atoms with E-state index in [9.17, 15) is 0 Å². The molecule has 3 heteroatoms. The van der Waals surface area contributed by atoms with Crippen molar-refractivity contribution in [3.8, 4) is 0 Å². The van der Waals surface area contributed by atoms with Gasteiger partial charge in [0.05, 0.1) is 0 Å². The van der Waals surface area contributed by atoms with Gasteiger partial charge in [0.15, 0.2) is 0 Å². The lowest BCUT2D eigenvalue weighted by Crippen LogP contribution is -2.47. The molecule has 1 aliphatic heterocycles. The lowest BCUT2D eigenvalue weighted by molar-refractivity contribution is 0.153. The lowest BCUT2D eigenvalue weighted by atomic mass is 10.1. The highest BCUT2D eigenvalue weighted by molar-refractivity contribution is 4.80. The largest absolute Gasteiger partial charge is 0.313 e. The molecule has 0 radical (unpaired) electrons. The summed E-state index contributed by atoms with van der Waals surface area (Å²) in [5, 5.41) is 3.74. The van der Waals surface area contributed by atoms with Crippen LogP contribution in [-0.4, -0.2) is 62.2 Å². The zero-order valence-corrected chi connectivity index (χ0v) is 11.6. The average molecular weight is 239 g/mol. The number of hydrogen-bond acceptors (Lipinski definition) is 3. The number of rotatable bonds is 7. The van der Waals surface area contributed by atoms with Crippen LogP contribution in [0.25, 0.3) is 0 Å². The highest BCUT2D eigenvalue weighted by Gasteiger charge is 2.24. The normalized spacial score (nSPS) is 25.1. The van der Waals surface area contributed by atoms with Crippen LogP contribution in [-0.2, 0) is 0 Å². The molecule has 3 nitrogen and oxygen atoms in total. The molecule has 1 saturated heterocycles. The second kappa shape index (κ2) is 6.72. The Morgan fingerprint density at radius 2 is 1.88 bits per heavy atom. The Morgan fingerprint density at radius 1 is 1.18 bits per heavy atom. The Bertz CT molecular complexity index is 208. The van der Waals surface area contributed by atoms with Crippen molar-refractivity contribution in [1.82, 2.24) is 15.1 Å². The van der Waals surface area contributed by atoms with Crippen LogP contribution in [0.3, 0.4) is 0 Å². The highest BCUT2D eigenvalue weighted by atomic mass is 15.2. The lowest BCUT2D eigenvalue weighted by Gasteiger charge is -2.32. The highest BCUT2D eigenvalue weighted by Crippen LogP contribution is 2.33. The molecule has 0 aromatic rings. The van der Waals surface area contributed by atoms with Crippen LogP contribution in [0, 0.1) is 5.92 Å². The SMILES string of the molecule is CCC(CC1CC1)NCCN1CCN(C)CC1. The molecule has 0 aromatic heterocycles. The van der Waals surface area contributed by atoms with Crippen molar-refractivity contribution in [3.63, 3.8) is 0 Å². The third-order valence-electron chi connectivity index (χ3n) is 4.26. The van der Waals surface area contributed by atoms with E-state index in [1.165, 1.54) is 65.0 Å². The fourth-order valence-electron chi connectivity index (χ4n) is 2.65. The first-order valence-corrected chi connectivity index (χ1v) is 7.42. The molecule has 0 bridgehead atoms. The third-order valence-corrected chi connectivity index (χ3v) is 4.26. The predicted molar refractivity (Wildman–Crippen MR) is 73.4 cm³/mol. The summed E-state index contributed by atoms with van der Waals surface area (Å²) < 4.78 is 0. The van der Waals surface area contributed by atoms with Gasteiger partial charge in [-0.05, 0) is 25.8 Å². The minimum atomic E-state index is 0.773. The first-order chi connectivity index (χ1) is 8.28. The summed E-state index contributed by atoms with van der Waals surface area (Å²) in [5.74, 6) is 1.05. The fraction of sp³-hybridized carbons (Fsp3) is 1.00. The molecular formula is C14H29N3.